The summed E-state index contributed by atoms with van der Waals surface area (Å²) in [5.74, 6) is -5.45. The van der Waals surface area contributed by atoms with Gasteiger partial charge in [0, 0.05) is 24.7 Å². The Hall–Kier alpha value is -3.52. The molecule has 0 radical (unpaired) electrons. The molecule has 1 heterocycles. The van der Waals surface area contributed by atoms with Gasteiger partial charge in [0.05, 0.1) is 12.9 Å². The first-order valence-electron chi connectivity index (χ1n) is 10.7. The Labute approximate surface area is 195 Å². The van der Waals surface area contributed by atoms with Crippen LogP contribution >= 0.6 is 0 Å². The van der Waals surface area contributed by atoms with Crippen molar-refractivity contribution in [3.05, 3.63) is 18.2 Å². The molecule has 9 N–H and O–H groups in total. The predicted molar refractivity (Wildman–Crippen MR) is 117 cm³/mol. The summed E-state index contributed by atoms with van der Waals surface area (Å²) in [6.07, 6.45) is 2.35. The number of rotatable bonds is 15. The fourth-order valence-electron chi connectivity index (χ4n) is 2.93. The predicted octanol–water partition coefficient (Wildman–Crippen LogP) is -2.28. The summed E-state index contributed by atoms with van der Waals surface area (Å²) >= 11 is 0. The number of carboxylic acid groups (broad SMARTS) is 2. The number of aliphatic hydroxyl groups is 1. The van der Waals surface area contributed by atoms with Gasteiger partial charge in [-0.05, 0) is 12.3 Å². The second-order valence-corrected chi connectivity index (χ2v) is 7.83. The number of aliphatic hydroxyl groups excluding tert-OH is 1. The summed E-state index contributed by atoms with van der Waals surface area (Å²) in [5.41, 5.74) is 5.96. The van der Waals surface area contributed by atoms with Gasteiger partial charge in [0.15, 0.2) is 0 Å². The number of hydrogen-bond donors (Lipinski definition) is 8. The molecule has 14 heteroatoms. The lowest BCUT2D eigenvalue weighted by molar-refractivity contribution is -0.144. The zero-order valence-corrected chi connectivity index (χ0v) is 19.0. The molecule has 0 saturated carbocycles. The first-order valence-corrected chi connectivity index (χ1v) is 10.7. The number of nitrogens with zero attached hydrogens (tertiary/aromatic N) is 1. The van der Waals surface area contributed by atoms with Crippen molar-refractivity contribution < 1.29 is 39.3 Å². The van der Waals surface area contributed by atoms with Gasteiger partial charge in [-0.25, -0.2) is 9.78 Å². The molecule has 3 amide bonds. The van der Waals surface area contributed by atoms with Gasteiger partial charge in [-0.3, -0.25) is 19.2 Å². The van der Waals surface area contributed by atoms with Crippen molar-refractivity contribution >= 4 is 29.7 Å². The second kappa shape index (κ2) is 13.9. The summed E-state index contributed by atoms with van der Waals surface area (Å²) in [7, 11) is 0. The van der Waals surface area contributed by atoms with E-state index >= 15 is 0 Å². The third-order valence-corrected chi connectivity index (χ3v) is 5.20. The normalized spacial score (nSPS) is 15.3. The average molecular weight is 485 g/mol. The number of aromatic nitrogens is 2. The van der Waals surface area contributed by atoms with Gasteiger partial charge in [-0.15, -0.1) is 0 Å². The minimum absolute atomic E-state index is 0.0758. The number of aliphatic carboxylic acids is 2. The maximum atomic E-state index is 13.0. The highest BCUT2D eigenvalue weighted by Crippen LogP contribution is 2.10. The van der Waals surface area contributed by atoms with Gasteiger partial charge in [-0.1, -0.05) is 20.3 Å². The first-order chi connectivity index (χ1) is 16.0. The van der Waals surface area contributed by atoms with Crippen molar-refractivity contribution in [2.75, 3.05) is 6.61 Å². The minimum atomic E-state index is -1.39. The molecule has 5 atom stereocenters. The second-order valence-electron chi connectivity index (χ2n) is 7.83. The van der Waals surface area contributed by atoms with Crippen LogP contribution in [0.1, 0.15) is 38.8 Å². The summed E-state index contributed by atoms with van der Waals surface area (Å²) in [4.78, 5) is 67.1. The highest BCUT2D eigenvalue weighted by Gasteiger charge is 2.32. The van der Waals surface area contributed by atoms with E-state index in [4.69, 9.17) is 15.9 Å². The average Bonchev–Trinajstić information content (AvgIpc) is 3.30. The van der Waals surface area contributed by atoms with E-state index in [2.05, 4.69) is 25.9 Å². The number of carbonyl (C=O) groups is 5. The number of imidazole rings is 1. The molecule has 0 bridgehead atoms. The number of H-pyrrole nitrogens is 1. The molecule has 0 aliphatic rings. The van der Waals surface area contributed by atoms with Crippen LogP contribution in [-0.4, -0.2) is 85.7 Å². The highest BCUT2D eigenvalue weighted by atomic mass is 16.4. The lowest BCUT2D eigenvalue weighted by atomic mass is 9.98. The van der Waals surface area contributed by atoms with Crippen molar-refractivity contribution in [3.8, 4) is 0 Å². The van der Waals surface area contributed by atoms with E-state index < -0.39 is 72.8 Å². The Balaban J connectivity index is 3.08. The Morgan fingerprint density at radius 2 is 1.68 bits per heavy atom. The summed E-state index contributed by atoms with van der Waals surface area (Å²) in [6, 6.07) is -5.18. The molecule has 0 spiro atoms. The molecule has 0 aliphatic heterocycles. The molecule has 1 aromatic heterocycles. The third-order valence-electron chi connectivity index (χ3n) is 5.20. The lowest BCUT2D eigenvalue weighted by Gasteiger charge is -2.26. The van der Waals surface area contributed by atoms with E-state index in [1.807, 2.05) is 0 Å². The first kappa shape index (κ1) is 28.5. The minimum Gasteiger partial charge on any atom is -0.481 e. The van der Waals surface area contributed by atoms with Gasteiger partial charge in [0.2, 0.25) is 17.7 Å². The van der Waals surface area contributed by atoms with Gasteiger partial charge >= 0.3 is 11.9 Å². The summed E-state index contributed by atoms with van der Waals surface area (Å²) in [5, 5.41) is 34.6. The van der Waals surface area contributed by atoms with E-state index in [1.54, 1.807) is 13.8 Å². The maximum absolute atomic E-state index is 13.0. The number of aromatic amines is 1. The van der Waals surface area contributed by atoms with Crippen LogP contribution in [0, 0.1) is 5.92 Å². The number of hydrogen-bond acceptors (Lipinski definition) is 8. The molecule has 1 aromatic rings. The number of carbonyl (C=O) groups excluding carboxylic acids is 3. The Kier molecular flexibility index (Phi) is 11.7. The number of carboxylic acids is 2. The Morgan fingerprint density at radius 1 is 1.06 bits per heavy atom. The standard InChI is InChI=1S/C20H32N6O8/c1-3-10(2)16(20(33)34)26-18(31)13(4-5-15(28)29)24-19(32)14(6-11-7-22-9-23-11)25-17(30)12(21)8-27/h7,9-10,12-14,16,27H,3-6,8,21H2,1-2H3,(H,22,23)(H,24,32)(H,25,30)(H,26,31)(H,28,29)(H,33,34). The highest BCUT2D eigenvalue weighted by molar-refractivity contribution is 5.94. The van der Waals surface area contributed by atoms with Crippen LogP contribution in [0.3, 0.4) is 0 Å². The van der Waals surface area contributed by atoms with Crippen LogP contribution in [0.2, 0.25) is 0 Å². The van der Waals surface area contributed by atoms with Crippen molar-refractivity contribution in [3.63, 3.8) is 0 Å². The fourth-order valence-corrected chi connectivity index (χ4v) is 2.93. The number of nitrogens with one attached hydrogen (secondary N) is 4. The molecular formula is C20H32N6O8. The SMILES string of the molecule is CCC(C)C(NC(=O)C(CCC(=O)O)NC(=O)C(Cc1cnc[nH]1)NC(=O)C(N)CO)C(=O)O. The van der Waals surface area contributed by atoms with E-state index in [0.29, 0.717) is 12.1 Å². The molecule has 190 valence electrons. The molecule has 0 aliphatic carbocycles. The molecule has 0 aromatic carbocycles. The Morgan fingerprint density at radius 3 is 2.18 bits per heavy atom. The fraction of sp³-hybridized carbons (Fsp3) is 0.600. The van der Waals surface area contributed by atoms with E-state index in [-0.39, 0.29) is 12.8 Å². The summed E-state index contributed by atoms with van der Waals surface area (Å²) < 4.78 is 0. The molecular weight excluding hydrogens is 452 g/mol. The number of nitrogens with two attached hydrogens (primary N) is 1. The van der Waals surface area contributed by atoms with Crippen molar-refractivity contribution in [2.24, 2.45) is 11.7 Å². The smallest absolute Gasteiger partial charge is 0.326 e. The van der Waals surface area contributed by atoms with Crippen LogP contribution in [0.15, 0.2) is 12.5 Å². The quantitative estimate of drug-likeness (QED) is 0.133. The van der Waals surface area contributed by atoms with Crippen molar-refractivity contribution in [1.82, 2.24) is 25.9 Å². The maximum Gasteiger partial charge on any atom is 0.326 e. The van der Waals surface area contributed by atoms with Crippen LogP contribution in [0.5, 0.6) is 0 Å². The van der Waals surface area contributed by atoms with Gasteiger partial charge in [-0.2, -0.15) is 0 Å². The van der Waals surface area contributed by atoms with Crippen molar-refractivity contribution in [2.45, 2.75) is 63.7 Å². The molecule has 0 fully saturated rings. The van der Waals surface area contributed by atoms with Gasteiger partial charge < -0.3 is 42.0 Å². The van der Waals surface area contributed by atoms with Crippen LogP contribution in [0.25, 0.3) is 0 Å². The van der Waals surface area contributed by atoms with Gasteiger partial charge in [0.25, 0.3) is 0 Å². The molecule has 0 saturated heterocycles. The van der Waals surface area contributed by atoms with Crippen LogP contribution in [0.4, 0.5) is 0 Å². The number of amides is 3. The summed E-state index contributed by atoms with van der Waals surface area (Å²) in [6.45, 7) is 2.71. The van der Waals surface area contributed by atoms with E-state index in [9.17, 15) is 29.1 Å². The van der Waals surface area contributed by atoms with Crippen LogP contribution in [-0.2, 0) is 30.4 Å². The van der Waals surface area contributed by atoms with Crippen molar-refractivity contribution in [1.29, 1.82) is 0 Å². The molecule has 14 nitrogen and oxygen atoms in total. The molecule has 5 unspecified atom stereocenters. The monoisotopic (exact) mass is 484 g/mol. The zero-order valence-electron chi connectivity index (χ0n) is 19.0. The third kappa shape index (κ3) is 9.15. The van der Waals surface area contributed by atoms with Gasteiger partial charge in [0.1, 0.15) is 24.2 Å². The zero-order chi connectivity index (χ0) is 25.8. The van der Waals surface area contributed by atoms with E-state index in [0.717, 1.165) is 0 Å². The van der Waals surface area contributed by atoms with Crippen LogP contribution < -0.4 is 21.7 Å². The largest absolute Gasteiger partial charge is 0.481 e. The lowest BCUT2D eigenvalue weighted by Crippen LogP contribution is -2.58. The van der Waals surface area contributed by atoms with E-state index in [1.165, 1.54) is 12.5 Å². The molecule has 34 heavy (non-hydrogen) atoms. The topological polar surface area (TPSA) is 237 Å². The molecule has 1 rings (SSSR count). The Bertz CT molecular complexity index is 846.